The third-order valence-corrected chi connectivity index (χ3v) is 5.92. The van der Waals surface area contributed by atoms with Crippen molar-refractivity contribution in [1.82, 2.24) is 10.0 Å². The van der Waals surface area contributed by atoms with E-state index in [2.05, 4.69) is 5.32 Å². The SMILES string of the molecule is CCOc1cccc2cc(C(C)NC(=O)CNS(=O)(=O)c3cccc(C(F)(F)F)c3)oc12. The molecular weight excluding hydrogens is 449 g/mol. The minimum absolute atomic E-state index is 0.432. The van der Waals surface area contributed by atoms with Crippen LogP contribution in [0.5, 0.6) is 5.75 Å². The van der Waals surface area contributed by atoms with Crippen molar-refractivity contribution >= 4 is 26.9 Å². The molecule has 3 aromatic rings. The van der Waals surface area contributed by atoms with Gasteiger partial charge in [0.15, 0.2) is 11.3 Å². The quantitative estimate of drug-likeness (QED) is 0.519. The minimum Gasteiger partial charge on any atom is -0.490 e. The van der Waals surface area contributed by atoms with Crippen molar-refractivity contribution in [1.29, 1.82) is 0 Å². The van der Waals surface area contributed by atoms with Crippen LogP contribution in [-0.2, 0) is 21.0 Å². The number of halogens is 3. The average molecular weight is 470 g/mol. The van der Waals surface area contributed by atoms with Crippen molar-refractivity contribution in [2.45, 2.75) is 31.0 Å². The van der Waals surface area contributed by atoms with Gasteiger partial charge in [0.1, 0.15) is 5.76 Å². The van der Waals surface area contributed by atoms with Gasteiger partial charge in [0, 0.05) is 5.39 Å². The van der Waals surface area contributed by atoms with Gasteiger partial charge in [-0.2, -0.15) is 13.2 Å². The fourth-order valence-corrected chi connectivity index (χ4v) is 4.01. The second-order valence-corrected chi connectivity index (χ2v) is 8.66. The predicted molar refractivity (Wildman–Crippen MR) is 111 cm³/mol. The first-order chi connectivity index (χ1) is 15.0. The number of fused-ring (bicyclic) bond motifs is 1. The maximum Gasteiger partial charge on any atom is 0.416 e. The second kappa shape index (κ2) is 9.21. The van der Waals surface area contributed by atoms with Crippen LogP contribution in [0, 0.1) is 0 Å². The van der Waals surface area contributed by atoms with Gasteiger partial charge in [-0.05, 0) is 44.2 Å². The van der Waals surface area contributed by atoms with E-state index in [1.165, 1.54) is 0 Å². The van der Waals surface area contributed by atoms with Gasteiger partial charge in [-0.25, -0.2) is 13.1 Å². The molecule has 2 N–H and O–H groups in total. The molecule has 1 amide bonds. The number of benzene rings is 2. The van der Waals surface area contributed by atoms with Crippen LogP contribution < -0.4 is 14.8 Å². The Balaban J connectivity index is 1.66. The van der Waals surface area contributed by atoms with Crippen LogP contribution in [-0.4, -0.2) is 27.5 Å². The number of hydrogen-bond donors (Lipinski definition) is 2. The van der Waals surface area contributed by atoms with Crippen molar-refractivity contribution in [2.24, 2.45) is 0 Å². The zero-order chi connectivity index (χ0) is 23.5. The molecule has 11 heteroatoms. The molecule has 0 aliphatic rings. The molecule has 32 heavy (non-hydrogen) atoms. The average Bonchev–Trinajstić information content (AvgIpc) is 3.18. The molecule has 0 saturated heterocycles. The van der Waals surface area contributed by atoms with E-state index in [0.29, 0.717) is 29.8 Å². The summed E-state index contributed by atoms with van der Waals surface area (Å²) in [6.45, 7) is 3.28. The van der Waals surface area contributed by atoms with Crippen LogP contribution >= 0.6 is 0 Å². The third-order valence-electron chi connectivity index (χ3n) is 4.53. The Labute approximate surface area is 182 Å². The van der Waals surface area contributed by atoms with E-state index in [0.717, 1.165) is 23.6 Å². The lowest BCUT2D eigenvalue weighted by molar-refractivity contribution is -0.137. The Morgan fingerprint density at radius 2 is 1.88 bits per heavy atom. The number of sulfonamides is 1. The summed E-state index contributed by atoms with van der Waals surface area (Å²) < 4.78 is 76.4. The number of rotatable bonds is 8. The zero-order valence-electron chi connectivity index (χ0n) is 17.2. The highest BCUT2D eigenvalue weighted by Crippen LogP contribution is 2.32. The molecule has 1 heterocycles. The Kier molecular flexibility index (Phi) is 6.79. The molecule has 0 aliphatic heterocycles. The van der Waals surface area contributed by atoms with Gasteiger partial charge in [-0.15, -0.1) is 0 Å². The number of alkyl halides is 3. The van der Waals surface area contributed by atoms with E-state index in [9.17, 15) is 26.4 Å². The normalized spacial score (nSPS) is 13.2. The molecule has 0 spiro atoms. The van der Waals surface area contributed by atoms with Crippen LogP contribution in [0.25, 0.3) is 11.0 Å². The lowest BCUT2D eigenvalue weighted by atomic mass is 10.2. The number of furan rings is 1. The van der Waals surface area contributed by atoms with Crippen molar-refractivity contribution in [3.05, 3.63) is 59.9 Å². The van der Waals surface area contributed by atoms with E-state index < -0.39 is 45.2 Å². The smallest absolute Gasteiger partial charge is 0.416 e. The van der Waals surface area contributed by atoms with Crippen LogP contribution in [0.4, 0.5) is 13.2 Å². The molecule has 7 nitrogen and oxygen atoms in total. The Morgan fingerprint density at radius 1 is 1.16 bits per heavy atom. The van der Waals surface area contributed by atoms with Gasteiger partial charge in [0.05, 0.1) is 29.7 Å². The number of hydrogen-bond acceptors (Lipinski definition) is 5. The summed E-state index contributed by atoms with van der Waals surface area (Å²) >= 11 is 0. The number of nitrogens with one attached hydrogen (secondary N) is 2. The molecule has 1 aromatic heterocycles. The summed E-state index contributed by atoms with van der Waals surface area (Å²) in [5.41, 5.74) is -0.578. The van der Waals surface area contributed by atoms with Gasteiger partial charge >= 0.3 is 6.18 Å². The first kappa shape index (κ1) is 23.6. The van der Waals surface area contributed by atoms with E-state index in [1.54, 1.807) is 25.1 Å². The van der Waals surface area contributed by atoms with Crippen molar-refractivity contribution in [3.8, 4) is 5.75 Å². The second-order valence-electron chi connectivity index (χ2n) is 6.90. The number of amides is 1. The highest BCUT2D eigenvalue weighted by atomic mass is 32.2. The fourth-order valence-electron chi connectivity index (χ4n) is 2.99. The molecule has 1 atom stereocenters. The van der Waals surface area contributed by atoms with Gasteiger partial charge < -0.3 is 14.5 Å². The molecule has 2 aromatic carbocycles. The van der Waals surface area contributed by atoms with Gasteiger partial charge in [-0.1, -0.05) is 18.2 Å². The lowest BCUT2D eigenvalue weighted by Gasteiger charge is -2.13. The summed E-state index contributed by atoms with van der Waals surface area (Å²) in [7, 11) is -4.32. The molecule has 1 unspecified atom stereocenters. The fraction of sp³-hybridized carbons (Fsp3) is 0.286. The number of carbonyl (C=O) groups is 1. The summed E-state index contributed by atoms with van der Waals surface area (Å²) in [4.78, 5) is 11.6. The highest BCUT2D eigenvalue weighted by molar-refractivity contribution is 7.89. The topological polar surface area (TPSA) is 97.6 Å². The van der Waals surface area contributed by atoms with E-state index in [4.69, 9.17) is 9.15 Å². The van der Waals surface area contributed by atoms with Crippen LogP contribution in [0.1, 0.15) is 31.2 Å². The van der Waals surface area contributed by atoms with E-state index in [-0.39, 0.29) is 0 Å². The monoisotopic (exact) mass is 470 g/mol. The number of ether oxygens (including phenoxy) is 1. The standard InChI is InChI=1S/C21H21F3N2O5S/c1-3-30-17-9-4-6-14-10-18(31-20(14)17)13(2)26-19(27)12-25-32(28,29)16-8-5-7-15(11-16)21(22,23)24/h4-11,13,25H,3,12H2,1-2H3,(H,26,27). The zero-order valence-corrected chi connectivity index (χ0v) is 18.0. The van der Waals surface area contributed by atoms with Crippen molar-refractivity contribution in [2.75, 3.05) is 13.2 Å². The summed E-state index contributed by atoms with van der Waals surface area (Å²) in [6, 6.07) is 9.79. The molecular formula is C21H21F3N2O5S. The molecule has 3 rings (SSSR count). The summed E-state index contributed by atoms with van der Waals surface area (Å²) in [5.74, 6) is 0.309. The maximum atomic E-state index is 12.8. The third kappa shape index (κ3) is 5.40. The Hall–Kier alpha value is -3.05. The van der Waals surface area contributed by atoms with Crippen molar-refractivity contribution < 1.29 is 35.5 Å². The molecule has 0 aliphatic carbocycles. The lowest BCUT2D eigenvalue weighted by Crippen LogP contribution is -2.38. The number of para-hydroxylation sites is 1. The van der Waals surface area contributed by atoms with Crippen molar-refractivity contribution in [3.63, 3.8) is 0 Å². The number of carbonyl (C=O) groups excluding carboxylic acids is 1. The molecule has 172 valence electrons. The van der Waals surface area contributed by atoms with Crippen LogP contribution in [0.3, 0.4) is 0 Å². The van der Waals surface area contributed by atoms with Gasteiger partial charge in [-0.3, -0.25) is 4.79 Å². The Morgan fingerprint density at radius 3 is 2.56 bits per heavy atom. The van der Waals surface area contributed by atoms with Crippen LogP contribution in [0.15, 0.2) is 57.8 Å². The molecule has 0 fully saturated rings. The maximum absolute atomic E-state index is 12.8. The first-order valence-corrected chi connectivity index (χ1v) is 11.1. The summed E-state index contributed by atoms with van der Waals surface area (Å²) in [6.07, 6.45) is -4.69. The van der Waals surface area contributed by atoms with E-state index >= 15 is 0 Å². The van der Waals surface area contributed by atoms with Crippen LogP contribution in [0.2, 0.25) is 0 Å². The largest absolute Gasteiger partial charge is 0.490 e. The van der Waals surface area contributed by atoms with Gasteiger partial charge in [0.25, 0.3) is 0 Å². The predicted octanol–water partition coefficient (Wildman–Crippen LogP) is 4.01. The van der Waals surface area contributed by atoms with E-state index in [1.807, 2.05) is 17.7 Å². The van der Waals surface area contributed by atoms with Gasteiger partial charge in [0.2, 0.25) is 15.9 Å². The molecule has 0 bridgehead atoms. The first-order valence-electron chi connectivity index (χ1n) is 9.63. The molecule has 0 saturated carbocycles. The summed E-state index contributed by atoms with van der Waals surface area (Å²) in [5, 5.41) is 3.36. The Bertz CT molecular complexity index is 1220. The highest BCUT2D eigenvalue weighted by Gasteiger charge is 2.31. The molecule has 0 radical (unpaired) electrons. The minimum atomic E-state index is -4.69.